The van der Waals surface area contributed by atoms with E-state index < -0.39 is 6.17 Å². The van der Waals surface area contributed by atoms with Gasteiger partial charge in [0.05, 0.1) is 23.0 Å². The zero-order chi connectivity index (χ0) is 26.1. The molecule has 37 heavy (non-hydrogen) atoms. The summed E-state index contributed by atoms with van der Waals surface area (Å²) in [5.74, 6) is 2.95. The third kappa shape index (κ3) is 4.06. The van der Waals surface area contributed by atoms with E-state index in [4.69, 9.17) is 30.3 Å². The summed E-state index contributed by atoms with van der Waals surface area (Å²) in [4.78, 5) is 16.3. The van der Waals surface area contributed by atoms with E-state index in [0.717, 1.165) is 55.1 Å². The normalized spacial score (nSPS) is 23.4. The molecule has 2 fully saturated rings. The summed E-state index contributed by atoms with van der Waals surface area (Å²) in [6, 6.07) is 0. The van der Waals surface area contributed by atoms with Gasteiger partial charge in [0.2, 0.25) is 0 Å². The van der Waals surface area contributed by atoms with Crippen LogP contribution in [0, 0.1) is 5.41 Å². The van der Waals surface area contributed by atoms with Crippen molar-refractivity contribution in [2.75, 3.05) is 20.1 Å². The molecule has 1 saturated carbocycles. The Labute approximate surface area is 217 Å². The van der Waals surface area contributed by atoms with Gasteiger partial charge in [-0.1, -0.05) is 19.0 Å². The highest BCUT2D eigenvalue weighted by molar-refractivity contribution is 5.82. The second-order valence-electron chi connectivity index (χ2n) is 12.4. The first kappa shape index (κ1) is 24.2. The van der Waals surface area contributed by atoms with Crippen LogP contribution < -0.4 is 11.1 Å². The zero-order valence-electron chi connectivity index (χ0n) is 22.6. The van der Waals surface area contributed by atoms with Crippen LogP contribution in [0.2, 0.25) is 0 Å². The quantitative estimate of drug-likeness (QED) is 0.540. The fourth-order valence-electron chi connectivity index (χ4n) is 5.62. The minimum atomic E-state index is -0.405. The molecule has 3 aromatic rings. The van der Waals surface area contributed by atoms with E-state index in [1.54, 1.807) is 6.34 Å². The van der Waals surface area contributed by atoms with Gasteiger partial charge in [-0.15, -0.1) is 0 Å². The lowest BCUT2D eigenvalue weighted by Gasteiger charge is -2.39. The molecule has 3 N–H and O–H groups in total. The van der Waals surface area contributed by atoms with Crippen molar-refractivity contribution in [2.24, 2.45) is 16.1 Å². The van der Waals surface area contributed by atoms with E-state index in [0.29, 0.717) is 29.0 Å². The summed E-state index contributed by atoms with van der Waals surface area (Å²) < 4.78 is 7.91. The molecule has 2 atom stereocenters. The van der Waals surface area contributed by atoms with Crippen molar-refractivity contribution in [3.8, 4) is 22.8 Å². The Kier molecular flexibility index (Phi) is 5.54. The van der Waals surface area contributed by atoms with Crippen LogP contribution in [0.25, 0.3) is 22.8 Å². The van der Waals surface area contributed by atoms with Gasteiger partial charge in [-0.25, -0.2) is 19.6 Å². The fraction of sp³-hybridized carbons (Fsp3) is 0.593. The van der Waals surface area contributed by atoms with Crippen LogP contribution in [0.3, 0.4) is 0 Å². The van der Waals surface area contributed by atoms with Crippen LogP contribution in [0.5, 0.6) is 0 Å². The summed E-state index contributed by atoms with van der Waals surface area (Å²) >= 11 is 0. The van der Waals surface area contributed by atoms with Gasteiger partial charge in [-0.05, 0) is 63.5 Å². The van der Waals surface area contributed by atoms with Crippen molar-refractivity contribution in [2.45, 2.75) is 77.4 Å². The number of aliphatic imine (C=N–C) groups is 1. The van der Waals surface area contributed by atoms with Gasteiger partial charge in [0.1, 0.15) is 17.6 Å². The number of nitrogens with zero attached hydrogens (tertiary/aromatic N) is 7. The van der Waals surface area contributed by atoms with Crippen LogP contribution in [0.4, 0.5) is 5.82 Å². The second-order valence-corrected chi connectivity index (χ2v) is 12.4. The first-order chi connectivity index (χ1) is 17.6. The lowest BCUT2D eigenvalue weighted by atomic mass is 9.72. The Morgan fingerprint density at radius 1 is 1.11 bits per heavy atom. The van der Waals surface area contributed by atoms with Crippen molar-refractivity contribution in [3.05, 3.63) is 29.3 Å². The minimum absolute atomic E-state index is 0.145. The SMILES string of the molecule is CN1C=Nc2c(c(-c3noc(C4CC4)c3-c3ncc([C@@H]4CCNCC4(C)C)cn3)nn2C(C)(C)C)C1N. The van der Waals surface area contributed by atoms with Gasteiger partial charge in [-0.2, -0.15) is 5.10 Å². The average Bonchev–Trinajstić information content (AvgIpc) is 3.47. The number of hydrogen-bond acceptors (Lipinski definition) is 9. The smallest absolute Gasteiger partial charge is 0.165 e. The Hall–Kier alpha value is -3.11. The van der Waals surface area contributed by atoms with Gasteiger partial charge in [0, 0.05) is 31.9 Å². The molecular weight excluding hydrogens is 466 g/mol. The number of piperidine rings is 1. The Bertz CT molecular complexity index is 1340. The Balaban J connectivity index is 1.48. The molecule has 3 aromatic heterocycles. The molecule has 0 spiro atoms. The number of rotatable bonds is 4. The van der Waals surface area contributed by atoms with Crippen LogP contribution >= 0.6 is 0 Å². The molecule has 10 heteroatoms. The molecule has 0 bridgehead atoms. The van der Waals surface area contributed by atoms with Crippen molar-refractivity contribution < 1.29 is 4.52 Å². The van der Waals surface area contributed by atoms with E-state index in [2.05, 4.69) is 45.1 Å². The number of nitrogens with two attached hydrogens (primary N) is 1. The predicted molar refractivity (Wildman–Crippen MR) is 143 cm³/mol. The lowest BCUT2D eigenvalue weighted by molar-refractivity contribution is 0.218. The molecule has 2 aliphatic heterocycles. The van der Waals surface area contributed by atoms with Crippen LogP contribution in [-0.2, 0) is 5.54 Å². The third-order valence-corrected chi connectivity index (χ3v) is 7.95. The molecule has 6 rings (SSSR count). The highest BCUT2D eigenvalue weighted by Gasteiger charge is 2.39. The molecule has 1 unspecified atom stereocenters. The van der Waals surface area contributed by atoms with Crippen molar-refractivity contribution in [1.29, 1.82) is 0 Å². The van der Waals surface area contributed by atoms with E-state index >= 15 is 0 Å². The predicted octanol–water partition coefficient (Wildman–Crippen LogP) is 4.29. The Morgan fingerprint density at radius 3 is 2.49 bits per heavy atom. The van der Waals surface area contributed by atoms with Gasteiger partial charge in [-0.3, -0.25) is 0 Å². The third-order valence-electron chi connectivity index (χ3n) is 7.95. The standard InChI is InChI=1S/C27H37N9O/c1-26(2,3)36-25-19(23(28)35(6)14-32-25)20(33-36)21-18(22(37-34-21)15-7-8-15)24-30-11-16(12-31-24)17-9-10-29-13-27(17,4)5/h11-12,14-15,17,23,29H,7-10,13,28H2,1-6H3/t17-,23?/m0/s1. The number of hydrogen-bond donors (Lipinski definition) is 2. The van der Waals surface area contributed by atoms with Crippen LogP contribution in [0.15, 0.2) is 21.9 Å². The van der Waals surface area contributed by atoms with E-state index in [1.165, 1.54) is 5.56 Å². The van der Waals surface area contributed by atoms with Crippen molar-refractivity contribution in [1.82, 2.24) is 35.1 Å². The van der Waals surface area contributed by atoms with Crippen molar-refractivity contribution >= 4 is 12.2 Å². The molecule has 0 amide bonds. The highest BCUT2D eigenvalue weighted by Crippen LogP contribution is 2.49. The van der Waals surface area contributed by atoms with Gasteiger partial charge >= 0.3 is 0 Å². The molecule has 0 radical (unpaired) electrons. The maximum atomic E-state index is 6.67. The summed E-state index contributed by atoms with van der Waals surface area (Å²) in [6.45, 7) is 12.9. The summed E-state index contributed by atoms with van der Waals surface area (Å²) in [6.07, 6.45) is 8.54. The first-order valence-corrected chi connectivity index (χ1v) is 13.2. The second kappa shape index (κ2) is 8.46. The molecule has 196 valence electrons. The maximum absolute atomic E-state index is 6.67. The summed E-state index contributed by atoms with van der Waals surface area (Å²) in [5, 5.41) is 13.1. The van der Waals surface area contributed by atoms with Gasteiger partial charge in [0.15, 0.2) is 17.4 Å². The van der Waals surface area contributed by atoms with Gasteiger partial charge in [0.25, 0.3) is 0 Å². The molecule has 10 nitrogen and oxygen atoms in total. The maximum Gasteiger partial charge on any atom is 0.165 e. The topological polar surface area (TPSA) is 123 Å². The van der Waals surface area contributed by atoms with E-state index in [9.17, 15) is 0 Å². The summed E-state index contributed by atoms with van der Waals surface area (Å²) in [5.41, 5.74) is 10.7. The van der Waals surface area contributed by atoms with Crippen molar-refractivity contribution in [3.63, 3.8) is 0 Å². The first-order valence-electron chi connectivity index (χ1n) is 13.2. The van der Waals surface area contributed by atoms with E-state index in [1.807, 2.05) is 29.0 Å². The summed E-state index contributed by atoms with van der Waals surface area (Å²) in [7, 11) is 1.92. The van der Waals surface area contributed by atoms with E-state index in [-0.39, 0.29) is 11.0 Å². The average molecular weight is 504 g/mol. The minimum Gasteiger partial charge on any atom is -0.360 e. The number of fused-ring (bicyclic) bond motifs is 1. The highest BCUT2D eigenvalue weighted by atomic mass is 16.5. The molecule has 0 aromatic carbocycles. The molecule has 1 aliphatic carbocycles. The van der Waals surface area contributed by atoms with Gasteiger partial charge < -0.3 is 20.5 Å². The Morgan fingerprint density at radius 2 is 1.84 bits per heavy atom. The molecule has 3 aliphatic rings. The molecular formula is C27H37N9O. The van der Waals surface area contributed by atoms with Crippen LogP contribution in [-0.4, -0.2) is 56.3 Å². The number of aromatic nitrogens is 5. The largest absolute Gasteiger partial charge is 0.360 e. The van der Waals surface area contributed by atoms with Crippen LogP contribution in [0.1, 0.15) is 88.8 Å². The molecule has 5 heterocycles. The monoisotopic (exact) mass is 503 g/mol. The molecule has 1 saturated heterocycles. The lowest BCUT2D eigenvalue weighted by Crippen LogP contribution is -2.41. The number of nitrogens with one attached hydrogen (secondary N) is 1. The fourth-order valence-corrected chi connectivity index (χ4v) is 5.62. The zero-order valence-corrected chi connectivity index (χ0v) is 22.6.